The van der Waals surface area contributed by atoms with E-state index in [1.165, 1.54) is 33.3 Å². The number of hydrogen-bond donors (Lipinski definition) is 1. The predicted octanol–water partition coefficient (Wildman–Crippen LogP) is 6.40. The van der Waals surface area contributed by atoms with E-state index in [2.05, 4.69) is 31.2 Å². The van der Waals surface area contributed by atoms with Crippen molar-refractivity contribution < 1.29 is 32.2 Å². The Labute approximate surface area is 304 Å². The van der Waals surface area contributed by atoms with Gasteiger partial charge in [0.15, 0.2) is 0 Å². The van der Waals surface area contributed by atoms with E-state index in [-0.39, 0.29) is 53.2 Å². The molecule has 52 heavy (non-hydrogen) atoms. The van der Waals surface area contributed by atoms with E-state index in [0.717, 1.165) is 30.0 Å². The summed E-state index contributed by atoms with van der Waals surface area (Å²) in [5, 5.41) is 2.95. The molecule has 0 radical (unpaired) electrons. The molecule has 2 amide bonds. The number of methoxy groups -OCH3 is 1. The van der Waals surface area contributed by atoms with Crippen molar-refractivity contribution in [1.29, 1.82) is 0 Å². The zero-order chi connectivity index (χ0) is 36.7. The molecule has 3 aromatic carbocycles. The van der Waals surface area contributed by atoms with Crippen molar-refractivity contribution in [2.45, 2.75) is 57.7 Å². The number of hydrogen-bond acceptors (Lipinski definition) is 7. The third-order valence-electron chi connectivity index (χ3n) is 9.01. The summed E-state index contributed by atoms with van der Waals surface area (Å²) < 4.78 is 54.8. The maximum atomic E-state index is 14.3. The van der Waals surface area contributed by atoms with Crippen molar-refractivity contribution in [3.63, 3.8) is 0 Å². The summed E-state index contributed by atoms with van der Waals surface area (Å²) in [5.41, 5.74) is 1.02. The molecular formula is C37H32BrF3N6O5. The van der Waals surface area contributed by atoms with Crippen LogP contribution in [0.2, 0.25) is 0 Å². The number of halogens is 4. The van der Waals surface area contributed by atoms with Gasteiger partial charge in [0.1, 0.15) is 11.4 Å². The number of nitrogens with zero attached hydrogens (tertiary/aromatic N) is 5. The molecule has 2 aliphatic rings. The second-order valence-electron chi connectivity index (χ2n) is 12.6. The van der Waals surface area contributed by atoms with E-state index in [1.54, 1.807) is 43.5 Å². The van der Waals surface area contributed by atoms with E-state index >= 15 is 0 Å². The molecule has 1 N–H and O–H groups in total. The van der Waals surface area contributed by atoms with E-state index in [0.29, 0.717) is 17.1 Å². The molecule has 1 saturated carbocycles. The molecule has 11 nitrogen and oxygen atoms in total. The Morgan fingerprint density at radius 3 is 2.50 bits per heavy atom. The lowest BCUT2D eigenvalue weighted by atomic mass is 10.0. The van der Waals surface area contributed by atoms with Gasteiger partial charge in [0.05, 0.1) is 42.4 Å². The first-order valence-corrected chi connectivity index (χ1v) is 17.2. The SMILES string of the molecule is COc1nccc(-c2ccccc2CNC(=O)c2c3n(c(=O)n2-c2ccc(OC4CC4)cc2)C[C@H](C)N(C(=O)c2ccc(Br)c(C(F)(F)F)c2)C3)n1. The summed E-state index contributed by atoms with van der Waals surface area (Å²) in [5.74, 6) is -0.631. The molecule has 1 fully saturated rings. The molecular weight excluding hydrogens is 745 g/mol. The molecule has 0 bridgehead atoms. The molecule has 268 valence electrons. The van der Waals surface area contributed by atoms with E-state index in [1.807, 2.05) is 24.3 Å². The highest BCUT2D eigenvalue weighted by Gasteiger charge is 2.37. The van der Waals surface area contributed by atoms with E-state index in [4.69, 9.17) is 9.47 Å². The minimum absolute atomic E-state index is 0.00136. The standard InChI is InChI=1S/C37H32BrF3N6O5/c1-21-19-46-31(20-45(21)34(49)22-7-14-29(38)28(17-22)37(39,40)41)32(47(36(46)50)24-8-10-25(11-9-24)52-26-12-13-26)33(48)43-18-23-5-3-4-6-27(23)30-15-16-42-35(44-30)51-2/h3-11,14-17,21,26H,12-13,18-20H2,1-2H3,(H,43,48)/t21-/m0/s1. The minimum atomic E-state index is -4.69. The molecule has 0 spiro atoms. The van der Waals surface area contributed by atoms with Gasteiger partial charge in [0.2, 0.25) is 0 Å². The second-order valence-corrected chi connectivity index (χ2v) is 13.4. The molecule has 1 aliphatic carbocycles. The number of fused-ring (bicyclic) bond motifs is 1. The molecule has 0 saturated heterocycles. The Kier molecular flexibility index (Phi) is 9.38. The molecule has 1 atom stereocenters. The number of alkyl halides is 3. The second kappa shape index (κ2) is 13.9. The van der Waals surface area contributed by atoms with Gasteiger partial charge in [0.25, 0.3) is 11.8 Å². The van der Waals surface area contributed by atoms with E-state index in [9.17, 15) is 27.6 Å². The lowest BCUT2D eigenvalue weighted by Crippen LogP contribution is -2.47. The maximum absolute atomic E-state index is 14.3. The Bertz CT molecular complexity index is 2230. The molecule has 15 heteroatoms. The van der Waals surface area contributed by atoms with E-state index < -0.39 is 35.3 Å². The first kappa shape index (κ1) is 35.0. The number of benzene rings is 3. The van der Waals surface area contributed by atoms with Gasteiger partial charge in [-0.1, -0.05) is 40.2 Å². The summed E-state index contributed by atoms with van der Waals surface area (Å²) in [6.45, 7) is 1.56. The third-order valence-corrected chi connectivity index (χ3v) is 9.70. The van der Waals surface area contributed by atoms with Gasteiger partial charge in [0, 0.05) is 40.9 Å². The fourth-order valence-electron chi connectivity index (χ4n) is 6.23. The monoisotopic (exact) mass is 776 g/mol. The quantitative estimate of drug-likeness (QED) is 0.184. The summed E-state index contributed by atoms with van der Waals surface area (Å²) in [6.07, 6.45) is -1.03. The van der Waals surface area contributed by atoms with Crippen LogP contribution >= 0.6 is 15.9 Å². The van der Waals surface area contributed by atoms with Crippen LogP contribution in [-0.4, -0.2) is 55.1 Å². The molecule has 0 unspecified atom stereocenters. The third kappa shape index (κ3) is 6.92. The van der Waals surface area contributed by atoms with Crippen LogP contribution in [0.3, 0.4) is 0 Å². The number of amides is 2. The normalized spacial score (nSPS) is 15.6. The summed E-state index contributed by atoms with van der Waals surface area (Å²) >= 11 is 2.93. The maximum Gasteiger partial charge on any atom is 0.417 e. The molecule has 3 heterocycles. The summed E-state index contributed by atoms with van der Waals surface area (Å²) in [6, 6.07) is 18.8. The number of rotatable bonds is 9. The molecule has 1 aliphatic heterocycles. The van der Waals surface area contributed by atoms with Crippen LogP contribution in [-0.2, 0) is 25.8 Å². The molecule has 2 aromatic heterocycles. The highest BCUT2D eigenvalue weighted by molar-refractivity contribution is 9.10. The van der Waals surface area contributed by atoms with Gasteiger partial charge in [-0.3, -0.25) is 18.7 Å². The first-order chi connectivity index (χ1) is 24.9. The lowest BCUT2D eigenvalue weighted by molar-refractivity contribution is -0.138. The van der Waals surface area contributed by atoms with Gasteiger partial charge in [-0.05, 0) is 73.9 Å². The van der Waals surface area contributed by atoms with Gasteiger partial charge >= 0.3 is 17.9 Å². The van der Waals surface area contributed by atoms with Crippen molar-refractivity contribution >= 4 is 27.7 Å². The minimum Gasteiger partial charge on any atom is -0.490 e. The van der Waals surface area contributed by atoms with Gasteiger partial charge in [-0.25, -0.2) is 9.78 Å². The topological polar surface area (TPSA) is 121 Å². The van der Waals surface area contributed by atoms with Crippen molar-refractivity contribution in [2.24, 2.45) is 0 Å². The predicted molar refractivity (Wildman–Crippen MR) is 187 cm³/mol. The van der Waals surface area contributed by atoms with Crippen molar-refractivity contribution in [1.82, 2.24) is 29.3 Å². The Balaban J connectivity index is 1.25. The zero-order valence-electron chi connectivity index (χ0n) is 28.0. The van der Waals surface area contributed by atoms with Gasteiger partial charge in [-0.15, -0.1) is 0 Å². The number of carbonyl (C=O) groups is 2. The average molecular weight is 778 g/mol. The van der Waals surface area contributed by atoms with Gasteiger partial charge in [-0.2, -0.15) is 18.2 Å². The molecule has 7 rings (SSSR count). The fourth-order valence-corrected chi connectivity index (χ4v) is 6.70. The van der Waals surface area contributed by atoms with Crippen molar-refractivity contribution in [3.8, 4) is 28.7 Å². The number of carbonyl (C=O) groups excluding carboxylic acids is 2. The highest BCUT2D eigenvalue weighted by atomic mass is 79.9. The smallest absolute Gasteiger partial charge is 0.417 e. The number of imidazole rings is 1. The van der Waals surface area contributed by atoms with Crippen LogP contribution in [0.25, 0.3) is 16.9 Å². The van der Waals surface area contributed by atoms with Crippen LogP contribution in [0.5, 0.6) is 11.8 Å². The summed E-state index contributed by atoms with van der Waals surface area (Å²) in [7, 11) is 1.46. The lowest BCUT2D eigenvalue weighted by Gasteiger charge is -2.34. The Morgan fingerprint density at radius 1 is 1.04 bits per heavy atom. The number of aromatic nitrogens is 4. The molecule has 5 aromatic rings. The largest absolute Gasteiger partial charge is 0.490 e. The van der Waals surface area contributed by atoms with Crippen molar-refractivity contribution in [2.75, 3.05) is 7.11 Å². The number of nitrogens with one attached hydrogen (secondary N) is 1. The number of ether oxygens (including phenoxy) is 2. The summed E-state index contributed by atoms with van der Waals surface area (Å²) in [4.78, 5) is 52.1. The zero-order valence-corrected chi connectivity index (χ0v) is 29.6. The average Bonchev–Trinajstić information content (AvgIpc) is 3.92. The van der Waals surface area contributed by atoms with Crippen LogP contribution in [0, 0.1) is 0 Å². The fraction of sp³-hybridized carbons (Fsp3) is 0.270. The van der Waals surface area contributed by atoms with Crippen LogP contribution in [0.4, 0.5) is 13.2 Å². The van der Waals surface area contributed by atoms with Crippen molar-refractivity contribution in [3.05, 3.63) is 122 Å². The Morgan fingerprint density at radius 2 is 1.79 bits per heavy atom. The first-order valence-electron chi connectivity index (χ1n) is 16.5. The van der Waals surface area contributed by atoms with Gasteiger partial charge < -0.3 is 19.7 Å². The highest BCUT2D eigenvalue weighted by Crippen LogP contribution is 2.36. The van der Waals surface area contributed by atoms with Crippen LogP contribution in [0.15, 0.2) is 88.3 Å². The van der Waals surface area contributed by atoms with Crippen LogP contribution in [0.1, 0.15) is 57.4 Å². The Hall–Kier alpha value is -5.44. The van der Waals surface area contributed by atoms with Crippen LogP contribution < -0.4 is 20.5 Å².